The van der Waals surface area contributed by atoms with Gasteiger partial charge in [-0.2, -0.15) is 9.61 Å². The molecule has 0 radical (unpaired) electrons. The van der Waals surface area contributed by atoms with E-state index in [9.17, 15) is 4.39 Å². The lowest BCUT2D eigenvalue weighted by atomic mass is 10.1. The Morgan fingerprint density at radius 2 is 2.08 bits per heavy atom. The van der Waals surface area contributed by atoms with Crippen molar-refractivity contribution < 1.29 is 4.39 Å². The first-order valence-corrected chi connectivity index (χ1v) is 8.03. The van der Waals surface area contributed by atoms with E-state index in [0.29, 0.717) is 23.4 Å². The van der Waals surface area contributed by atoms with E-state index >= 15 is 0 Å². The highest BCUT2D eigenvalue weighted by Gasteiger charge is 2.12. The Kier molecular flexibility index (Phi) is 3.89. The molecule has 0 unspecified atom stereocenters. The molecule has 1 aromatic carbocycles. The van der Waals surface area contributed by atoms with E-state index < -0.39 is 0 Å². The maximum atomic E-state index is 14.1. The zero-order chi connectivity index (χ0) is 17.2. The average molecular weight is 336 g/mol. The van der Waals surface area contributed by atoms with Crippen molar-refractivity contribution in [1.29, 1.82) is 0 Å². The van der Waals surface area contributed by atoms with E-state index in [0.717, 1.165) is 5.82 Å². The molecule has 1 N–H and O–H groups in total. The Hall–Kier alpha value is -3.22. The van der Waals surface area contributed by atoms with Crippen LogP contribution in [0, 0.1) is 5.82 Å². The average Bonchev–Trinajstić information content (AvgIpc) is 3.31. The number of halogens is 1. The van der Waals surface area contributed by atoms with E-state index in [2.05, 4.69) is 27.3 Å². The summed E-state index contributed by atoms with van der Waals surface area (Å²) in [5, 5.41) is 7.68. The van der Waals surface area contributed by atoms with Crippen molar-refractivity contribution >= 4 is 11.5 Å². The molecule has 0 amide bonds. The van der Waals surface area contributed by atoms with Crippen LogP contribution in [0.1, 0.15) is 13.0 Å². The highest BCUT2D eigenvalue weighted by molar-refractivity contribution is 5.66. The summed E-state index contributed by atoms with van der Waals surface area (Å²) in [6.45, 7) is 2.76. The van der Waals surface area contributed by atoms with Crippen LogP contribution >= 0.6 is 0 Å². The summed E-state index contributed by atoms with van der Waals surface area (Å²) in [6, 6.07) is 10.5. The second kappa shape index (κ2) is 6.35. The topological polar surface area (TPSA) is 60.0 Å². The summed E-state index contributed by atoms with van der Waals surface area (Å²) >= 11 is 0. The number of fused-ring (bicyclic) bond motifs is 1. The normalized spacial score (nSPS) is 12.4. The van der Waals surface area contributed by atoms with Gasteiger partial charge in [-0.05, 0) is 19.1 Å². The second-order valence-electron chi connectivity index (χ2n) is 5.85. The molecule has 7 heteroatoms. The summed E-state index contributed by atoms with van der Waals surface area (Å²) in [5.74, 6) is 0.469. The van der Waals surface area contributed by atoms with E-state index in [-0.39, 0.29) is 11.9 Å². The molecule has 0 aliphatic rings. The van der Waals surface area contributed by atoms with Crippen LogP contribution in [0.4, 0.5) is 10.2 Å². The number of rotatable bonds is 5. The molecule has 0 aliphatic heterocycles. The number of benzene rings is 1. The minimum atomic E-state index is -0.295. The fraction of sp³-hybridized carbons (Fsp3) is 0.167. The zero-order valence-electron chi connectivity index (χ0n) is 13.7. The molecule has 3 aromatic heterocycles. The molecule has 0 saturated heterocycles. The molecule has 4 rings (SSSR count). The van der Waals surface area contributed by atoms with Gasteiger partial charge >= 0.3 is 0 Å². The van der Waals surface area contributed by atoms with Crippen molar-refractivity contribution in [2.45, 2.75) is 13.0 Å². The lowest BCUT2D eigenvalue weighted by Gasteiger charge is -2.16. The SMILES string of the molecule is C[C@H](CNc1cc(-c2ccccc2F)nc2ccnn12)n1ccnc1. The molecular weight excluding hydrogens is 319 g/mol. The van der Waals surface area contributed by atoms with Crippen LogP contribution in [0.2, 0.25) is 0 Å². The smallest absolute Gasteiger partial charge is 0.157 e. The maximum absolute atomic E-state index is 14.1. The van der Waals surface area contributed by atoms with Crippen LogP contribution in [0.15, 0.2) is 61.3 Å². The maximum Gasteiger partial charge on any atom is 0.157 e. The van der Waals surface area contributed by atoms with Crippen LogP contribution in [-0.4, -0.2) is 30.7 Å². The second-order valence-corrected chi connectivity index (χ2v) is 5.85. The van der Waals surface area contributed by atoms with Gasteiger partial charge in [-0.15, -0.1) is 0 Å². The van der Waals surface area contributed by atoms with Gasteiger partial charge in [0, 0.05) is 42.7 Å². The first kappa shape index (κ1) is 15.3. The molecular formula is C18H17FN6. The molecule has 1 atom stereocenters. The van der Waals surface area contributed by atoms with Gasteiger partial charge in [0.15, 0.2) is 5.65 Å². The molecule has 0 bridgehead atoms. The highest BCUT2D eigenvalue weighted by atomic mass is 19.1. The van der Waals surface area contributed by atoms with E-state index in [1.54, 1.807) is 47.5 Å². The molecule has 0 aliphatic carbocycles. The van der Waals surface area contributed by atoms with Crippen molar-refractivity contribution in [2.75, 3.05) is 11.9 Å². The predicted octanol–water partition coefficient (Wildman–Crippen LogP) is 3.41. The number of nitrogens with zero attached hydrogens (tertiary/aromatic N) is 5. The van der Waals surface area contributed by atoms with Gasteiger partial charge in [0.1, 0.15) is 11.6 Å². The van der Waals surface area contributed by atoms with E-state index in [1.807, 2.05) is 16.8 Å². The Morgan fingerprint density at radius 3 is 2.88 bits per heavy atom. The fourth-order valence-electron chi connectivity index (χ4n) is 2.73. The Morgan fingerprint density at radius 1 is 1.20 bits per heavy atom. The van der Waals surface area contributed by atoms with Crippen LogP contribution < -0.4 is 5.32 Å². The first-order chi connectivity index (χ1) is 12.2. The molecule has 0 spiro atoms. The highest BCUT2D eigenvalue weighted by Crippen LogP contribution is 2.24. The number of anilines is 1. The number of hydrogen-bond donors (Lipinski definition) is 1. The summed E-state index contributed by atoms with van der Waals surface area (Å²) in [6.07, 6.45) is 7.14. The third-order valence-corrected chi connectivity index (χ3v) is 4.12. The zero-order valence-corrected chi connectivity index (χ0v) is 13.7. The van der Waals surface area contributed by atoms with Crippen LogP contribution in [0.3, 0.4) is 0 Å². The minimum absolute atomic E-state index is 0.207. The van der Waals surface area contributed by atoms with Crippen molar-refractivity contribution in [2.24, 2.45) is 0 Å². The standard InChI is InChI=1S/C18H17FN6/c1-13(24-9-8-20-12-24)11-21-18-10-16(14-4-2-3-5-15(14)19)23-17-6-7-22-25(17)18/h2-10,12-13,21H,11H2,1H3/t13-/m1/s1. The van der Waals surface area contributed by atoms with Gasteiger partial charge in [-0.25, -0.2) is 14.4 Å². The van der Waals surface area contributed by atoms with Gasteiger partial charge < -0.3 is 9.88 Å². The number of nitrogens with one attached hydrogen (secondary N) is 1. The van der Waals surface area contributed by atoms with Crippen LogP contribution in [0.25, 0.3) is 16.9 Å². The molecule has 6 nitrogen and oxygen atoms in total. The third kappa shape index (κ3) is 2.96. The Balaban J connectivity index is 1.68. The third-order valence-electron chi connectivity index (χ3n) is 4.12. The minimum Gasteiger partial charge on any atom is -0.368 e. The monoisotopic (exact) mass is 336 g/mol. The fourth-order valence-corrected chi connectivity index (χ4v) is 2.73. The molecule has 3 heterocycles. The molecule has 0 saturated carbocycles. The first-order valence-electron chi connectivity index (χ1n) is 8.03. The predicted molar refractivity (Wildman–Crippen MR) is 93.8 cm³/mol. The van der Waals surface area contributed by atoms with Crippen molar-refractivity contribution in [3.63, 3.8) is 0 Å². The Labute approximate surface area is 144 Å². The van der Waals surface area contributed by atoms with Gasteiger partial charge in [0.25, 0.3) is 0 Å². The van der Waals surface area contributed by atoms with Crippen molar-refractivity contribution in [1.82, 2.24) is 24.1 Å². The van der Waals surface area contributed by atoms with Crippen molar-refractivity contribution in [3.05, 3.63) is 67.1 Å². The summed E-state index contributed by atoms with van der Waals surface area (Å²) in [7, 11) is 0. The van der Waals surface area contributed by atoms with Crippen LogP contribution in [0.5, 0.6) is 0 Å². The van der Waals surface area contributed by atoms with Gasteiger partial charge in [0.05, 0.1) is 18.2 Å². The molecule has 25 heavy (non-hydrogen) atoms. The van der Waals surface area contributed by atoms with Gasteiger partial charge in [0.2, 0.25) is 0 Å². The van der Waals surface area contributed by atoms with Crippen LogP contribution in [-0.2, 0) is 0 Å². The lowest BCUT2D eigenvalue weighted by molar-refractivity contribution is 0.571. The summed E-state index contributed by atoms with van der Waals surface area (Å²) < 4.78 is 17.9. The number of aromatic nitrogens is 5. The Bertz CT molecular complexity index is 992. The largest absolute Gasteiger partial charge is 0.368 e. The van der Waals surface area contributed by atoms with E-state index in [1.165, 1.54) is 6.07 Å². The number of hydrogen-bond acceptors (Lipinski definition) is 4. The molecule has 4 aromatic rings. The quantitative estimate of drug-likeness (QED) is 0.607. The van der Waals surface area contributed by atoms with E-state index in [4.69, 9.17) is 0 Å². The van der Waals surface area contributed by atoms with Gasteiger partial charge in [-0.3, -0.25) is 0 Å². The lowest BCUT2D eigenvalue weighted by Crippen LogP contribution is -2.17. The molecule has 126 valence electrons. The van der Waals surface area contributed by atoms with Gasteiger partial charge in [-0.1, -0.05) is 12.1 Å². The summed E-state index contributed by atoms with van der Waals surface area (Å²) in [4.78, 5) is 8.58. The van der Waals surface area contributed by atoms with Crippen molar-refractivity contribution in [3.8, 4) is 11.3 Å². The number of imidazole rings is 1. The summed E-state index contributed by atoms with van der Waals surface area (Å²) in [5.41, 5.74) is 1.71. The molecule has 0 fully saturated rings.